The van der Waals surface area contributed by atoms with Crippen molar-refractivity contribution in [2.24, 2.45) is 11.7 Å². The molecule has 2 N–H and O–H groups in total. The molecule has 4 nitrogen and oxygen atoms in total. The average molecular weight is 284 g/mol. The van der Waals surface area contributed by atoms with Crippen molar-refractivity contribution in [3.05, 3.63) is 42.2 Å². The van der Waals surface area contributed by atoms with E-state index in [1.54, 1.807) is 0 Å². The first kappa shape index (κ1) is 14.3. The molecule has 0 spiro atoms. The second kappa shape index (κ2) is 6.39. The first-order valence-electron chi connectivity index (χ1n) is 8.01. The average Bonchev–Trinajstić information content (AvgIpc) is 3.00. The smallest absolute Gasteiger partial charge is 0.0733 e. The van der Waals surface area contributed by atoms with Crippen LogP contribution in [-0.2, 0) is 0 Å². The first-order chi connectivity index (χ1) is 10.3. The SMILES string of the molecule is CCCC1CCC(N)C(c2cnnn2-c2ccccc2)C1. The van der Waals surface area contributed by atoms with E-state index >= 15 is 0 Å². The van der Waals surface area contributed by atoms with Gasteiger partial charge in [-0.25, -0.2) is 4.68 Å². The molecule has 112 valence electrons. The molecule has 1 aromatic heterocycles. The van der Waals surface area contributed by atoms with Crippen LogP contribution in [0, 0.1) is 5.92 Å². The van der Waals surface area contributed by atoms with Gasteiger partial charge in [0.15, 0.2) is 0 Å². The fourth-order valence-electron chi connectivity index (χ4n) is 3.56. The Morgan fingerprint density at radius 1 is 1.24 bits per heavy atom. The van der Waals surface area contributed by atoms with Gasteiger partial charge in [-0.3, -0.25) is 0 Å². The van der Waals surface area contributed by atoms with Crippen LogP contribution in [0.4, 0.5) is 0 Å². The molecular weight excluding hydrogens is 260 g/mol. The zero-order valence-corrected chi connectivity index (χ0v) is 12.7. The highest BCUT2D eigenvalue weighted by atomic mass is 15.4. The Hall–Kier alpha value is -1.68. The summed E-state index contributed by atoms with van der Waals surface area (Å²) in [5, 5.41) is 8.41. The monoisotopic (exact) mass is 284 g/mol. The van der Waals surface area contributed by atoms with Gasteiger partial charge in [0.1, 0.15) is 0 Å². The van der Waals surface area contributed by atoms with Crippen LogP contribution in [-0.4, -0.2) is 21.0 Å². The standard InChI is InChI=1S/C17H24N4/c1-2-6-13-9-10-16(18)15(11-13)17-12-19-20-21(17)14-7-4-3-5-8-14/h3-5,7-8,12-13,15-16H,2,6,9-11,18H2,1H3. The molecule has 1 aliphatic rings. The van der Waals surface area contributed by atoms with Gasteiger partial charge in [0.25, 0.3) is 0 Å². The summed E-state index contributed by atoms with van der Waals surface area (Å²) < 4.78 is 1.96. The van der Waals surface area contributed by atoms with E-state index in [0.717, 1.165) is 30.1 Å². The van der Waals surface area contributed by atoms with Crippen molar-refractivity contribution in [1.29, 1.82) is 0 Å². The Balaban J connectivity index is 1.88. The van der Waals surface area contributed by atoms with Crippen molar-refractivity contribution in [1.82, 2.24) is 15.0 Å². The van der Waals surface area contributed by atoms with E-state index in [2.05, 4.69) is 29.4 Å². The predicted octanol–water partition coefficient (Wildman–Crippen LogP) is 3.28. The van der Waals surface area contributed by atoms with Crippen LogP contribution in [0.15, 0.2) is 36.5 Å². The maximum absolute atomic E-state index is 6.41. The molecule has 3 rings (SSSR count). The van der Waals surface area contributed by atoms with Crippen LogP contribution >= 0.6 is 0 Å². The van der Waals surface area contributed by atoms with Crippen molar-refractivity contribution in [2.75, 3.05) is 0 Å². The Morgan fingerprint density at radius 3 is 2.81 bits per heavy atom. The number of para-hydroxylation sites is 1. The van der Waals surface area contributed by atoms with Gasteiger partial charge in [-0.05, 0) is 37.3 Å². The molecule has 0 bridgehead atoms. The van der Waals surface area contributed by atoms with Gasteiger partial charge in [-0.15, -0.1) is 5.10 Å². The van der Waals surface area contributed by atoms with Gasteiger partial charge in [0, 0.05) is 12.0 Å². The van der Waals surface area contributed by atoms with Gasteiger partial charge >= 0.3 is 0 Å². The minimum Gasteiger partial charge on any atom is -0.327 e. The molecule has 2 aromatic rings. The Labute approximate surface area is 126 Å². The number of nitrogens with zero attached hydrogens (tertiary/aromatic N) is 3. The molecule has 1 aliphatic carbocycles. The summed E-state index contributed by atoms with van der Waals surface area (Å²) in [5.41, 5.74) is 8.63. The number of hydrogen-bond donors (Lipinski definition) is 1. The fraction of sp³-hybridized carbons (Fsp3) is 0.529. The highest BCUT2D eigenvalue weighted by Crippen LogP contribution is 2.37. The molecule has 21 heavy (non-hydrogen) atoms. The summed E-state index contributed by atoms with van der Waals surface area (Å²) in [6, 6.07) is 10.4. The third kappa shape index (κ3) is 3.00. The molecule has 4 heteroatoms. The van der Waals surface area contributed by atoms with Crippen LogP contribution in [0.25, 0.3) is 5.69 Å². The van der Waals surface area contributed by atoms with E-state index in [4.69, 9.17) is 5.73 Å². The van der Waals surface area contributed by atoms with Crippen LogP contribution in [0.5, 0.6) is 0 Å². The van der Waals surface area contributed by atoms with Crippen molar-refractivity contribution in [2.45, 2.75) is 51.0 Å². The minimum atomic E-state index is 0.221. The van der Waals surface area contributed by atoms with E-state index in [1.165, 1.54) is 19.3 Å². The molecule has 0 saturated heterocycles. The Kier molecular flexibility index (Phi) is 4.34. The van der Waals surface area contributed by atoms with Gasteiger partial charge < -0.3 is 5.73 Å². The van der Waals surface area contributed by atoms with Gasteiger partial charge in [-0.1, -0.05) is 43.2 Å². The zero-order valence-electron chi connectivity index (χ0n) is 12.7. The second-order valence-electron chi connectivity index (χ2n) is 6.14. The Bertz CT molecular complexity index is 563. The third-order valence-corrected chi connectivity index (χ3v) is 4.67. The third-order valence-electron chi connectivity index (χ3n) is 4.67. The molecule has 1 aromatic carbocycles. The lowest BCUT2D eigenvalue weighted by Gasteiger charge is -2.34. The lowest BCUT2D eigenvalue weighted by atomic mass is 9.75. The number of nitrogens with two attached hydrogens (primary N) is 1. The maximum atomic E-state index is 6.41. The lowest BCUT2D eigenvalue weighted by Crippen LogP contribution is -2.35. The molecule has 1 fully saturated rings. The summed E-state index contributed by atoms with van der Waals surface area (Å²) in [4.78, 5) is 0. The van der Waals surface area contributed by atoms with Crippen molar-refractivity contribution >= 4 is 0 Å². The molecule has 1 heterocycles. The quantitative estimate of drug-likeness (QED) is 0.937. The normalized spacial score (nSPS) is 25.9. The van der Waals surface area contributed by atoms with Crippen LogP contribution < -0.4 is 5.73 Å². The van der Waals surface area contributed by atoms with E-state index in [-0.39, 0.29) is 6.04 Å². The highest BCUT2D eigenvalue weighted by Gasteiger charge is 2.31. The lowest BCUT2D eigenvalue weighted by molar-refractivity contribution is 0.269. The number of benzene rings is 1. The van der Waals surface area contributed by atoms with E-state index in [9.17, 15) is 0 Å². The van der Waals surface area contributed by atoms with Gasteiger partial charge in [0.05, 0.1) is 17.6 Å². The number of hydrogen-bond acceptors (Lipinski definition) is 3. The second-order valence-corrected chi connectivity index (χ2v) is 6.14. The van der Waals surface area contributed by atoms with Crippen molar-refractivity contribution in [3.8, 4) is 5.69 Å². The van der Waals surface area contributed by atoms with Crippen molar-refractivity contribution < 1.29 is 0 Å². The molecule has 3 unspecified atom stereocenters. The van der Waals surface area contributed by atoms with Gasteiger partial charge in [-0.2, -0.15) is 0 Å². The highest BCUT2D eigenvalue weighted by molar-refractivity contribution is 5.32. The molecule has 0 amide bonds. The molecule has 0 aliphatic heterocycles. The predicted molar refractivity (Wildman–Crippen MR) is 84.3 cm³/mol. The summed E-state index contributed by atoms with van der Waals surface area (Å²) >= 11 is 0. The van der Waals surface area contributed by atoms with Crippen LogP contribution in [0.2, 0.25) is 0 Å². The van der Waals surface area contributed by atoms with E-state index in [1.807, 2.05) is 29.1 Å². The molecular formula is C17H24N4. The summed E-state index contributed by atoms with van der Waals surface area (Å²) in [5.74, 6) is 1.16. The zero-order chi connectivity index (χ0) is 14.7. The van der Waals surface area contributed by atoms with Gasteiger partial charge in [0.2, 0.25) is 0 Å². The van der Waals surface area contributed by atoms with E-state index < -0.39 is 0 Å². The summed E-state index contributed by atoms with van der Waals surface area (Å²) in [6.45, 7) is 2.26. The fourth-order valence-corrected chi connectivity index (χ4v) is 3.56. The summed E-state index contributed by atoms with van der Waals surface area (Å²) in [7, 11) is 0. The number of aromatic nitrogens is 3. The largest absolute Gasteiger partial charge is 0.327 e. The molecule has 1 saturated carbocycles. The van der Waals surface area contributed by atoms with E-state index in [0.29, 0.717) is 5.92 Å². The Morgan fingerprint density at radius 2 is 2.05 bits per heavy atom. The van der Waals surface area contributed by atoms with Crippen LogP contribution in [0.3, 0.4) is 0 Å². The molecule has 3 atom stereocenters. The molecule has 0 radical (unpaired) electrons. The van der Waals surface area contributed by atoms with Crippen LogP contribution in [0.1, 0.15) is 50.6 Å². The first-order valence-corrected chi connectivity index (χ1v) is 8.01. The number of rotatable bonds is 4. The maximum Gasteiger partial charge on any atom is 0.0733 e. The minimum absolute atomic E-state index is 0.221. The van der Waals surface area contributed by atoms with Crippen molar-refractivity contribution in [3.63, 3.8) is 0 Å². The topological polar surface area (TPSA) is 56.7 Å². The summed E-state index contributed by atoms with van der Waals surface area (Å²) in [6.07, 6.45) is 7.98.